The Labute approximate surface area is 90.4 Å². The van der Waals surface area contributed by atoms with Gasteiger partial charge in [-0.25, -0.2) is 0 Å². The fraction of sp³-hybridized carbons (Fsp3) is 0.250. The number of amides is 1. The SMILES string of the molecule is C=C(C)C(=O)Nc1cccc(N(C)C)c1. The van der Waals surface area contributed by atoms with Gasteiger partial charge in [-0.2, -0.15) is 0 Å². The highest BCUT2D eigenvalue weighted by molar-refractivity contribution is 6.03. The predicted octanol–water partition coefficient (Wildman–Crippen LogP) is 2.27. The number of carbonyl (C=O) groups excluding carboxylic acids is 1. The molecule has 3 nitrogen and oxygen atoms in total. The zero-order chi connectivity index (χ0) is 11.4. The van der Waals surface area contributed by atoms with Crippen LogP contribution in [0.3, 0.4) is 0 Å². The van der Waals surface area contributed by atoms with Crippen LogP contribution in [-0.2, 0) is 4.79 Å². The molecule has 0 atom stereocenters. The Bertz CT molecular complexity index is 383. The van der Waals surface area contributed by atoms with Gasteiger partial charge in [-0.05, 0) is 25.1 Å². The van der Waals surface area contributed by atoms with Crippen molar-refractivity contribution in [3.63, 3.8) is 0 Å². The first kappa shape index (κ1) is 11.3. The number of hydrogen-bond acceptors (Lipinski definition) is 2. The molecule has 1 N–H and O–H groups in total. The molecule has 0 aliphatic carbocycles. The summed E-state index contributed by atoms with van der Waals surface area (Å²) in [5, 5.41) is 2.77. The topological polar surface area (TPSA) is 32.3 Å². The van der Waals surface area contributed by atoms with E-state index < -0.39 is 0 Å². The number of hydrogen-bond donors (Lipinski definition) is 1. The van der Waals surface area contributed by atoms with Crippen LogP contribution in [0.15, 0.2) is 36.4 Å². The van der Waals surface area contributed by atoms with Crippen LogP contribution in [0.2, 0.25) is 0 Å². The second kappa shape index (κ2) is 4.64. The molecular weight excluding hydrogens is 188 g/mol. The standard InChI is InChI=1S/C12H16N2O/c1-9(2)12(15)13-10-6-5-7-11(8-10)14(3)4/h5-8H,1H2,2-4H3,(H,13,15). The largest absolute Gasteiger partial charge is 0.378 e. The van der Waals surface area contributed by atoms with Crippen LogP contribution in [0.1, 0.15) is 6.92 Å². The fourth-order valence-electron chi connectivity index (χ4n) is 1.10. The molecule has 0 aliphatic rings. The molecule has 80 valence electrons. The minimum absolute atomic E-state index is 0.147. The Balaban J connectivity index is 2.82. The van der Waals surface area contributed by atoms with Gasteiger partial charge in [0.2, 0.25) is 0 Å². The molecule has 15 heavy (non-hydrogen) atoms. The van der Waals surface area contributed by atoms with E-state index in [1.54, 1.807) is 6.92 Å². The fourth-order valence-corrected chi connectivity index (χ4v) is 1.10. The Morgan fingerprint density at radius 3 is 2.60 bits per heavy atom. The van der Waals surface area contributed by atoms with Crippen molar-refractivity contribution in [2.75, 3.05) is 24.3 Å². The van der Waals surface area contributed by atoms with Gasteiger partial charge in [0.05, 0.1) is 0 Å². The summed E-state index contributed by atoms with van der Waals surface area (Å²) >= 11 is 0. The number of rotatable bonds is 3. The molecule has 0 fully saturated rings. The minimum Gasteiger partial charge on any atom is -0.378 e. The van der Waals surface area contributed by atoms with Gasteiger partial charge >= 0.3 is 0 Å². The van der Waals surface area contributed by atoms with E-state index in [4.69, 9.17) is 0 Å². The van der Waals surface area contributed by atoms with E-state index in [9.17, 15) is 4.79 Å². The maximum absolute atomic E-state index is 11.4. The number of benzene rings is 1. The van der Waals surface area contributed by atoms with Gasteiger partial charge in [0.15, 0.2) is 0 Å². The lowest BCUT2D eigenvalue weighted by Crippen LogP contribution is -2.13. The van der Waals surface area contributed by atoms with Gasteiger partial charge in [0.1, 0.15) is 0 Å². The summed E-state index contributed by atoms with van der Waals surface area (Å²) < 4.78 is 0. The monoisotopic (exact) mass is 204 g/mol. The quantitative estimate of drug-likeness (QED) is 0.766. The molecular formula is C12H16N2O. The second-order valence-electron chi connectivity index (χ2n) is 3.68. The van der Waals surface area contributed by atoms with Gasteiger partial charge in [0.25, 0.3) is 5.91 Å². The number of anilines is 2. The first-order valence-corrected chi connectivity index (χ1v) is 4.75. The molecule has 0 aromatic heterocycles. The molecule has 0 saturated heterocycles. The maximum atomic E-state index is 11.4. The highest BCUT2D eigenvalue weighted by atomic mass is 16.1. The van der Waals surface area contributed by atoms with E-state index in [-0.39, 0.29) is 5.91 Å². The number of carbonyl (C=O) groups is 1. The third kappa shape index (κ3) is 3.13. The van der Waals surface area contributed by atoms with E-state index in [1.807, 2.05) is 43.3 Å². The summed E-state index contributed by atoms with van der Waals surface area (Å²) in [5.74, 6) is -0.147. The van der Waals surface area contributed by atoms with Crippen LogP contribution in [0.5, 0.6) is 0 Å². The summed E-state index contributed by atoms with van der Waals surface area (Å²) in [7, 11) is 3.92. The zero-order valence-corrected chi connectivity index (χ0v) is 9.37. The van der Waals surface area contributed by atoms with Gasteiger partial charge < -0.3 is 10.2 Å². The molecule has 0 aliphatic heterocycles. The summed E-state index contributed by atoms with van der Waals surface area (Å²) in [4.78, 5) is 13.4. The molecule has 0 radical (unpaired) electrons. The molecule has 0 spiro atoms. The normalized spacial score (nSPS) is 9.53. The lowest BCUT2D eigenvalue weighted by molar-refractivity contribution is -0.112. The van der Waals surface area contributed by atoms with Crippen LogP contribution < -0.4 is 10.2 Å². The second-order valence-corrected chi connectivity index (χ2v) is 3.68. The van der Waals surface area contributed by atoms with Crippen LogP contribution in [-0.4, -0.2) is 20.0 Å². The Kier molecular flexibility index (Phi) is 3.50. The molecule has 1 rings (SSSR count). The molecule has 1 aromatic rings. The zero-order valence-electron chi connectivity index (χ0n) is 9.37. The summed E-state index contributed by atoms with van der Waals surface area (Å²) in [6.45, 7) is 5.27. The number of nitrogens with zero attached hydrogens (tertiary/aromatic N) is 1. The first-order valence-electron chi connectivity index (χ1n) is 4.75. The van der Waals surface area contributed by atoms with Crippen molar-refractivity contribution in [1.82, 2.24) is 0 Å². The van der Waals surface area contributed by atoms with Crippen LogP contribution in [0.4, 0.5) is 11.4 Å². The molecule has 0 bridgehead atoms. The lowest BCUT2D eigenvalue weighted by Gasteiger charge is -2.13. The van der Waals surface area contributed by atoms with E-state index in [0.717, 1.165) is 11.4 Å². The van der Waals surface area contributed by atoms with Crippen molar-refractivity contribution in [3.05, 3.63) is 36.4 Å². The van der Waals surface area contributed by atoms with Gasteiger partial charge in [-0.1, -0.05) is 12.6 Å². The minimum atomic E-state index is -0.147. The highest BCUT2D eigenvalue weighted by Gasteiger charge is 2.03. The van der Waals surface area contributed by atoms with E-state index in [0.29, 0.717) is 5.57 Å². The molecule has 1 amide bonds. The number of nitrogens with one attached hydrogen (secondary N) is 1. The van der Waals surface area contributed by atoms with Gasteiger partial charge in [-0.15, -0.1) is 0 Å². The van der Waals surface area contributed by atoms with Gasteiger partial charge in [-0.3, -0.25) is 4.79 Å². The van der Waals surface area contributed by atoms with Crippen molar-refractivity contribution >= 4 is 17.3 Å². The summed E-state index contributed by atoms with van der Waals surface area (Å²) in [6.07, 6.45) is 0. The summed E-state index contributed by atoms with van der Waals surface area (Å²) in [5.41, 5.74) is 2.34. The van der Waals surface area contributed by atoms with E-state index in [1.165, 1.54) is 0 Å². The molecule has 3 heteroatoms. The molecule has 1 aromatic carbocycles. The average molecular weight is 204 g/mol. The third-order valence-electron chi connectivity index (χ3n) is 2.01. The molecule has 0 unspecified atom stereocenters. The third-order valence-corrected chi connectivity index (χ3v) is 2.01. The van der Waals surface area contributed by atoms with Crippen molar-refractivity contribution in [1.29, 1.82) is 0 Å². The van der Waals surface area contributed by atoms with E-state index in [2.05, 4.69) is 11.9 Å². The summed E-state index contributed by atoms with van der Waals surface area (Å²) in [6, 6.07) is 7.66. The Morgan fingerprint density at radius 2 is 2.07 bits per heavy atom. The maximum Gasteiger partial charge on any atom is 0.250 e. The van der Waals surface area contributed by atoms with Crippen LogP contribution in [0, 0.1) is 0 Å². The average Bonchev–Trinajstić information content (AvgIpc) is 2.18. The van der Waals surface area contributed by atoms with Crippen LogP contribution >= 0.6 is 0 Å². The first-order chi connectivity index (χ1) is 7.00. The Morgan fingerprint density at radius 1 is 1.40 bits per heavy atom. The van der Waals surface area contributed by atoms with Crippen molar-refractivity contribution < 1.29 is 4.79 Å². The molecule has 0 saturated carbocycles. The highest BCUT2D eigenvalue weighted by Crippen LogP contribution is 2.17. The van der Waals surface area contributed by atoms with E-state index >= 15 is 0 Å². The lowest BCUT2D eigenvalue weighted by atomic mass is 10.2. The molecule has 0 heterocycles. The predicted molar refractivity (Wildman–Crippen MR) is 64.2 cm³/mol. The van der Waals surface area contributed by atoms with Crippen molar-refractivity contribution in [2.24, 2.45) is 0 Å². The Hall–Kier alpha value is -1.77. The van der Waals surface area contributed by atoms with Crippen molar-refractivity contribution in [3.8, 4) is 0 Å². The smallest absolute Gasteiger partial charge is 0.250 e. The van der Waals surface area contributed by atoms with Crippen LogP contribution in [0.25, 0.3) is 0 Å². The van der Waals surface area contributed by atoms with Crippen molar-refractivity contribution in [2.45, 2.75) is 6.92 Å². The van der Waals surface area contributed by atoms with Gasteiger partial charge in [0, 0.05) is 31.0 Å².